The van der Waals surface area contributed by atoms with Crippen LogP contribution in [0.25, 0.3) is 0 Å². The molecule has 0 aromatic heterocycles. The van der Waals surface area contributed by atoms with Crippen LogP contribution in [-0.4, -0.2) is 17.8 Å². The molecule has 0 aromatic rings. The van der Waals surface area contributed by atoms with Gasteiger partial charge in [0.25, 0.3) is 0 Å². The van der Waals surface area contributed by atoms with Crippen LogP contribution >= 0.6 is 12.4 Å². The summed E-state index contributed by atoms with van der Waals surface area (Å²) in [6.07, 6.45) is 1.20. The molecule has 1 heterocycles. The molecular weight excluding hydrogens is 158 g/mol. The smallest absolute Gasteiger partial charge is 0.400 e. The van der Waals surface area contributed by atoms with Crippen molar-refractivity contribution in [1.82, 2.24) is 0 Å². The van der Waals surface area contributed by atoms with E-state index in [1.54, 1.807) is 0 Å². The molecule has 0 N–H and O–H groups in total. The summed E-state index contributed by atoms with van der Waals surface area (Å²) in [5.74, 6) is -1.83. The van der Waals surface area contributed by atoms with Crippen LogP contribution in [0.15, 0.2) is 17.6 Å². The fourth-order valence-corrected chi connectivity index (χ4v) is 0.394. The zero-order valence-corrected chi connectivity index (χ0v) is 5.68. The van der Waals surface area contributed by atoms with E-state index in [1.165, 1.54) is 6.08 Å². The second-order valence-corrected chi connectivity index (χ2v) is 1.35. The third-order valence-electron chi connectivity index (χ3n) is 0.758. The van der Waals surface area contributed by atoms with Gasteiger partial charge in [0.2, 0.25) is 5.90 Å². The highest BCUT2D eigenvalue weighted by molar-refractivity contribution is 6.40. The molecule has 0 unspecified atom stereocenters. The SMILES string of the molecule is C=CC1=NC(=O)C(=O)O1.Cl. The largest absolute Gasteiger partial charge is 0.406 e. The van der Waals surface area contributed by atoms with E-state index in [0.29, 0.717) is 0 Å². The Kier molecular flexibility index (Phi) is 2.76. The van der Waals surface area contributed by atoms with Gasteiger partial charge in [-0.1, -0.05) is 6.58 Å². The van der Waals surface area contributed by atoms with Gasteiger partial charge in [0.1, 0.15) is 0 Å². The topological polar surface area (TPSA) is 55.7 Å². The Bertz CT molecular complexity index is 221. The van der Waals surface area contributed by atoms with Crippen molar-refractivity contribution < 1.29 is 14.3 Å². The second-order valence-electron chi connectivity index (χ2n) is 1.35. The first-order chi connectivity index (χ1) is 4.24. The van der Waals surface area contributed by atoms with Crippen molar-refractivity contribution in [1.29, 1.82) is 0 Å². The maximum atomic E-state index is 10.2. The number of aliphatic imine (C=N–C) groups is 1. The highest BCUT2D eigenvalue weighted by Gasteiger charge is 2.23. The Morgan fingerprint density at radius 3 is 2.30 bits per heavy atom. The van der Waals surface area contributed by atoms with Crippen molar-refractivity contribution in [3.8, 4) is 0 Å². The Hall–Kier alpha value is -1.16. The molecule has 1 aliphatic heterocycles. The summed E-state index contributed by atoms with van der Waals surface area (Å²) in [5, 5.41) is 0. The first kappa shape index (κ1) is 8.84. The lowest BCUT2D eigenvalue weighted by Gasteiger charge is -1.84. The van der Waals surface area contributed by atoms with Gasteiger partial charge in [0.15, 0.2) is 0 Å². The zero-order valence-electron chi connectivity index (χ0n) is 4.86. The second kappa shape index (κ2) is 3.12. The summed E-state index contributed by atoms with van der Waals surface area (Å²) >= 11 is 0. The summed E-state index contributed by atoms with van der Waals surface area (Å²) in [6.45, 7) is 3.25. The molecule has 10 heavy (non-hydrogen) atoms. The van der Waals surface area contributed by atoms with Gasteiger partial charge in [-0.15, -0.1) is 12.4 Å². The number of esters is 1. The van der Waals surface area contributed by atoms with E-state index >= 15 is 0 Å². The lowest BCUT2D eigenvalue weighted by Crippen LogP contribution is -2.06. The highest BCUT2D eigenvalue weighted by Crippen LogP contribution is 1.97. The number of amides is 1. The van der Waals surface area contributed by atoms with E-state index in [-0.39, 0.29) is 18.3 Å². The summed E-state index contributed by atoms with van der Waals surface area (Å²) in [5.41, 5.74) is 0. The molecule has 0 aromatic carbocycles. The first-order valence-electron chi connectivity index (χ1n) is 2.21. The highest BCUT2D eigenvalue weighted by atomic mass is 35.5. The molecule has 0 aliphatic carbocycles. The fourth-order valence-electron chi connectivity index (χ4n) is 0.394. The number of carbonyl (C=O) groups excluding carboxylic acids is 2. The van der Waals surface area contributed by atoms with Crippen molar-refractivity contribution in [2.45, 2.75) is 0 Å². The van der Waals surface area contributed by atoms with Gasteiger partial charge in [-0.25, -0.2) is 4.79 Å². The summed E-state index contributed by atoms with van der Waals surface area (Å²) in [4.78, 5) is 23.6. The van der Waals surface area contributed by atoms with Crippen LogP contribution in [-0.2, 0) is 14.3 Å². The van der Waals surface area contributed by atoms with E-state index in [9.17, 15) is 9.59 Å². The molecule has 0 atom stereocenters. The van der Waals surface area contributed by atoms with Gasteiger partial charge in [-0.3, -0.25) is 4.79 Å². The standard InChI is InChI=1S/C5H3NO3.ClH/c1-2-3-6-4(7)5(8)9-3;/h2H,1H2;1H. The average Bonchev–Trinajstić information content (AvgIpc) is 2.13. The van der Waals surface area contributed by atoms with Gasteiger partial charge in [-0.2, -0.15) is 4.99 Å². The van der Waals surface area contributed by atoms with Crippen molar-refractivity contribution in [2.75, 3.05) is 0 Å². The number of rotatable bonds is 1. The van der Waals surface area contributed by atoms with Crippen LogP contribution in [0.2, 0.25) is 0 Å². The number of ether oxygens (including phenoxy) is 1. The molecule has 5 heteroatoms. The third kappa shape index (κ3) is 1.41. The Labute approximate surface area is 63.0 Å². The quantitative estimate of drug-likeness (QED) is 0.404. The molecular formula is C5H4ClNO3. The number of carbonyl (C=O) groups is 2. The van der Waals surface area contributed by atoms with Crippen molar-refractivity contribution in [3.05, 3.63) is 12.7 Å². The van der Waals surface area contributed by atoms with Gasteiger partial charge in [0, 0.05) is 0 Å². The predicted molar refractivity (Wildman–Crippen MR) is 36.0 cm³/mol. The van der Waals surface area contributed by atoms with Crippen LogP contribution in [0.5, 0.6) is 0 Å². The minimum Gasteiger partial charge on any atom is -0.400 e. The van der Waals surface area contributed by atoms with E-state index in [4.69, 9.17) is 0 Å². The molecule has 0 bridgehead atoms. The molecule has 0 fully saturated rings. The Balaban J connectivity index is 0.000000810. The average molecular weight is 162 g/mol. The van der Waals surface area contributed by atoms with Crippen LogP contribution in [0.4, 0.5) is 0 Å². The van der Waals surface area contributed by atoms with Crippen molar-refractivity contribution >= 4 is 30.2 Å². The molecule has 1 aliphatic rings. The van der Waals surface area contributed by atoms with Crippen LogP contribution in [0.3, 0.4) is 0 Å². The van der Waals surface area contributed by atoms with E-state index in [0.717, 1.165) is 0 Å². The van der Waals surface area contributed by atoms with Crippen LogP contribution in [0.1, 0.15) is 0 Å². The first-order valence-corrected chi connectivity index (χ1v) is 2.21. The third-order valence-corrected chi connectivity index (χ3v) is 0.758. The normalized spacial score (nSPS) is 15.4. The zero-order chi connectivity index (χ0) is 6.85. The van der Waals surface area contributed by atoms with Crippen molar-refractivity contribution in [3.63, 3.8) is 0 Å². The minimum absolute atomic E-state index is 0. The van der Waals surface area contributed by atoms with E-state index in [1.807, 2.05) is 0 Å². The molecule has 4 nitrogen and oxygen atoms in total. The molecule has 0 saturated heterocycles. The lowest BCUT2D eigenvalue weighted by atomic mass is 10.6. The number of cyclic esters (lactones) is 1. The van der Waals surface area contributed by atoms with E-state index in [2.05, 4.69) is 16.3 Å². The number of hydrogen-bond donors (Lipinski definition) is 0. The molecule has 1 rings (SSSR count). The fraction of sp³-hybridized carbons (Fsp3) is 0. The van der Waals surface area contributed by atoms with Crippen LogP contribution < -0.4 is 0 Å². The molecule has 54 valence electrons. The monoisotopic (exact) mass is 161 g/mol. The summed E-state index contributed by atoms with van der Waals surface area (Å²) in [6, 6.07) is 0. The van der Waals surface area contributed by atoms with Crippen LogP contribution in [0, 0.1) is 0 Å². The number of hydrogen-bond acceptors (Lipinski definition) is 3. The molecule has 0 radical (unpaired) electrons. The number of nitrogens with zero attached hydrogens (tertiary/aromatic N) is 1. The maximum absolute atomic E-state index is 10.2. The van der Waals surface area contributed by atoms with Gasteiger partial charge in [-0.05, 0) is 6.08 Å². The molecule has 0 saturated carbocycles. The Morgan fingerprint density at radius 2 is 2.10 bits per heavy atom. The van der Waals surface area contributed by atoms with Gasteiger partial charge < -0.3 is 4.74 Å². The van der Waals surface area contributed by atoms with Crippen molar-refractivity contribution in [2.24, 2.45) is 4.99 Å². The minimum atomic E-state index is -0.940. The maximum Gasteiger partial charge on any atom is 0.406 e. The van der Waals surface area contributed by atoms with E-state index < -0.39 is 11.9 Å². The van der Waals surface area contributed by atoms with Gasteiger partial charge in [0.05, 0.1) is 0 Å². The number of halogens is 1. The predicted octanol–water partition coefficient (Wildman–Crippen LogP) is 0.0761. The molecule has 0 spiro atoms. The summed E-state index contributed by atoms with van der Waals surface area (Å²) < 4.78 is 4.27. The lowest BCUT2D eigenvalue weighted by molar-refractivity contribution is -0.145. The summed E-state index contributed by atoms with van der Waals surface area (Å²) in [7, 11) is 0. The molecule has 1 amide bonds. The Morgan fingerprint density at radius 1 is 1.50 bits per heavy atom. The van der Waals surface area contributed by atoms with Gasteiger partial charge >= 0.3 is 11.9 Å².